The number of halogens is 1. The SMILES string of the molecule is CN1CC2CC(C1)N(I)C2. The molecule has 0 spiro atoms. The molecule has 2 rings (SSSR count). The molecule has 3 heteroatoms. The van der Waals surface area contributed by atoms with E-state index in [2.05, 4.69) is 37.9 Å². The third-order valence-corrected chi connectivity index (χ3v) is 3.71. The first-order valence-electron chi connectivity index (χ1n) is 3.86. The van der Waals surface area contributed by atoms with E-state index in [0.717, 1.165) is 12.0 Å². The minimum Gasteiger partial charge on any atom is -0.304 e. The predicted molar refractivity (Wildman–Crippen MR) is 50.1 cm³/mol. The van der Waals surface area contributed by atoms with Gasteiger partial charge in [0.25, 0.3) is 0 Å². The Balaban J connectivity index is 2.06. The molecule has 0 N–H and O–H groups in total. The van der Waals surface area contributed by atoms with Gasteiger partial charge in [0.1, 0.15) is 0 Å². The molecule has 2 aliphatic heterocycles. The zero-order chi connectivity index (χ0) is 7.14. The number of nitrogens with zero attached hydrogens (tertiary/aromatic N) is 2. The normalized spacial score (nSPS) is 42.6. The first kappa shape index (κ1) is 7.31. The molecule has 0 aromatic carbocycles. The summed E-state index contributed by atoms with van der Waals surface area (Å²) in [6, 6.07) is 0.851. The van der Waals surface area contributed by atoms with Crippen molar-refractivity contribution in [3.63, 3.8) is 0 Å². The zero-order valence-electron chi connectivity index (χ0n) is 6.26. The largest absolute Gasteiger partial charge is 0.304 e. The third-order valence-electron chi connectivity index (χ3n) is 2.53. The van der Waals surface area contributed by atoms with Crippen LogP contribution in [0.5, 0.6) is 0 Å². The standard InChI is InChI=1S/C7H13IN2/c1-9-3-6-2-7(5-9)10(8)4-6/h6-7H,2-5H2,1H3. The van der Waals surface area contributed by atoms with E-state index in [4.69, 9.17) is 0 Å². The maximum absolute atomic E-state index is 2.48. The molecule has 10 heavy (non-hydrogen) atoms. The summed E-state index contributed by atoms with van der Waals surface area (Å²) in [5, 5.41) is 0. The fraction of sp³-hybridized carbons (Fsp3) is 1.00. The first-order valence-corrected chi connectivity index (χ1v) is 4.83. The van der Waals surface area contributed by atoms with Crippen molar-refractivity contribution >= 4 is 22.9 Å². The van der Waals surface area contributed by atoms with Crippen molar-refractivity contribution in [1.82, 2.24) is 8.01 Å². The van der Waals surface area contributed by atoms with Crippen molar-refractivity contribution in [2.45, 2.75) is 12.5 Å². The van der Waals surface area contributed by atoms with E-state index >= 15 is 0 Å². The summed E-state index contributed by atoms with van der Waals surface area (Å²) in [4.78, 5) is 2.46. The Labute approximate surface area is 76.1 Å². The topological polar surface area (TPSA) is 6.48 Å². The van der Waals surface area contributed by atoms with Gasteiger partial charge in [-0.1, -0.05) is 0 Å². The number of likely N-dealkylation sites (N-methyl/N-ethyl adjacent to an activating group) is 1. The van der Waals surface area contributed by atoms with Gasteiger partial charge in [0.05, 0.1) is 0 Å². The van der Waals surface area contributed by atoms with Crippen molar-refractivity contribution in [2.75, 3.05) is 26.7 Å². The fourth-order valence-electron chi connectivity index (χ4n) is 2.14. The molecule has 0 saturated carbocycles. The van der Waals surface area contributed by atoms with Crippen LogP contribution >= 0.6 is 22.9 Å². The van der Waals surface area contributed by atoms with Gasteiger partial charge in [-0.25, -0.2) is 3.11 Å². The van der Waals surface area contributed by atoms with E-state index in [-0.39, 0.29) is 0 Å². The summed E-state index contributed by atoms with van der Waals surface area (Å²) in [6.45, 7) is 3.91. The molecule has 2 nitrogen and oxygen atoms in total. The van der Waals surface area contributed by atoms with E-state index in [9.17, 15) is 0 Å². The van der Waals surface area contributed by atoms with E-state index < -0.39 is 0 Å². The second kappa shape index (κ2) is 2.60. The summed E-state index contributed by atoms with van der Waals surface area (Å²) >= 11 is 2.47. The van der Waals surface area contributed by atoms with Gasteiger partial charge in [-0.15, -0.1) is 0 Å². The molecular weight excluding hydrogens is 239 g/mol. The smallest absolute Gasteiger partial charge is 0.0325 e. The van der Waals surface area contributed by atoms with Crippen LogP contribution in [0.2, 0.25) is 0 Å². The lowest BCUT2D eigenvalue weighted by molar-refractivity contribution is 0.225. The molecule has 58 valence electrons. The number of piperidine rings is 1. The van der Waals surface area contributed by atoms with Crippen molar-refractivity contribution < 1.29 is 0 Å². The Morgan fingerprint density at radius 1 is 1.30 bits per heavy atom. The molecule has 2 aliphatic rings. The van der Waals surface area contributed by atoms with Crippen molar-refractivity contribution in [1.29, 1.82) is 0 Å². The minimum atomic E-state index is 0.851. The van der Waals surface area contributed by atoms with Gasteiger partial charge in [-0.05, 0) is 19.4 Å². The van der Waals surface area contributed by atoms with Crippen LogP contribution in [0.25, 0.3) is 0 Å². The van der Waals surface area contributed by atoms with Gasteiger partial charge in [0, 0.05) is 48.5 Å². The molecule has 0 aromatic heterocycles. The van der Waals surface area contributed by atoms with E-state index in [0.29, 0.717) is 0 Å². The van der Waals surface area contributed by atoms with E-state index in [1.54, 1.807) is 0 Å². The number of rotatable bonds is 0. The van der Waals surface area contributed by atoms with Crippen molar-refractivity contribution in [2.24, 2.45) is 5.92 Å². The average Bonchev–Trinajstić information content (AvgIpc) is 2.07. The van der Waals surface area contributed by atoms with Gasteiger partial charge in [0.2, 0.25) is 0 Å². The monoisotopic (exact) mass is 252 g/mol. The van der Waals surface area contributed by atoms with Gasteiger partial charge in [-0.2, -0.15) is 0 Å². The van der Waals surface area contributed by atoms with Gasteiger partial charge < -0.3 is 4.90 Å². The van der Waals surface area contributed by atoms with Crippen LogP contribution < -0.4 is 0 Å². The Morgan fingerprint density at radius 3 is 2.80 bits per heavy atom. The number of hydrogen-bond donors (Lipinski definition) is 0. The van der Waals surface area contributed by atoms with Crippen LogP contribution in [-0.2, 0) is 0 Å². The Kier molecular flexibility index (Phi) is 1.90. The predicted octanol–water partition coefficient (Wildman–Crippen LogP) is 0.972. The Bertz CT molecular complexity index is 135. The van der Waals surface area contributed by atoms with Crippen LogP contribution in [0.3, 0.4) is 0 Å². The van der Waals surface area contributed by atoms with Crippen molar-refractivity contribution in [3.05, 3.63) is 0 Å². The molecule has 2 fully saturated rings. The maximum atomic E-state index is 2.48. The second-order valence-corrected chi connectivity index (χ2v) is 4.80. The highest BCUT2D eigenvalue weighted by Gasteiger charge is 2.35. The molecule has 2 saturated heterocycles. The highest BCUT2D eigenvalue weighted by molar-refractivity contribution is 14.1. The van der Waals surface area contributed by atoms with Crippen LogP contribution in [0.4, 0.5) is 0 Å². The highest BCUT2D eigenvalue weighted by Crippen LogP contribution is 2.30. The zero-order valence-corrected chi connectivity index (χ0v) is 8.41. The molecule has 2 heterocycles. The Hall–Kier alpha value is 0.650. The maximum Gasteiger partial charge on any atom is 0.0325 e. The highest BCUT2D eigenvalue weighted by atomic mass is 127. The van der Waals surface area contributed by atoms with E-state index in [1.165, 1.54) is 26.1 Å². The van der Waals surface area contributed by atoms with Crippen LogP contribution in [-0.4, -0.2) is 40.7 Å². The van der Waals surface area contributed by atoms with Gasteiger partial charge in [0.15, 0.2) is 0 Å². The third kappa shape index (κ3) is 1.19. The summed E-state index contributed by atoms with van der Waals surface area (Å²) in [6.07, 6.45) is 1.44. The summed E-state index contributed by atoms with van der Waals surface area (Å²) in [5.41, 5.74) is 0. The lowest BCUT2D eigenvalue weighted by atomic mass is 10.0. The molecule has 2 atom stereocenters. The number of likely N-dealkylation sites (tertiary alicyclic amines) is 1. The lowest BCUT2D eigenvalue weighted by Crippen LogP contribution is -2.37. The van der Waals surface area contributed by atoms with Crippen LogP contribution in [0.15, 0.2) is 0 Å². The number of hydrogen-bond acceptors (Lipinski definition) is 2. The van der Waals surface area contributed by atoms with Gasteiger partial charge >= 0.3 is 0 Å². The Morgan fingerprint density at radius 2 is 2.10 bits per heavy atom. The first-order chi connectivity index (χ1) is 4.75. The minimum absolute atomic E-state index is 0.851. The molecule has 2 unspecified atom stereocenters. The molecule has 0 radical (unpaired) electrons. The van der Waals surface area contributed by atoms with Gasteiger partial charge in [-0.3, -0.25) is 0 Å². The van der Waals surface area contributed by atoms with Crippen molar-refractivity contribution in [3.8, 4) is 0 Å². The van der Waals surface area contributed by atoms with Crippen LogP contribution in [0.1, 0.15) is 6.42 Å². The molecule has 0 amide bonds. The quantitative estimate of drug-likeness (QED) is 0.468. The molecular formula is C7H13IN2. The summed E-state index contributed by atoms with van der Waals surface area (Å²) < 4.78 is 2.48. The molecule has 0 aliphatic carbocycles. The second-order valence-electron chi connectivity index (χ2n) is 3.56. The summed E-state index contributed by atoms with van der Waals surface area (Å²) in [7, 11) is 2.23. The number of fused-ring (bicyclic) bond motifs is 2. The lowest BCUT2D eigenvalue weighted by Gasteiger charge is -2.27. The molecule has 2 bridgehead atoms. The van der Waals surface area contributed by atoms with Crippen LogP contribution in [0, 0.1) is 5.92 Å². The summed E-state index contributed by atoms with van der Waals surface area (Å²) in [5.74, 6) is 0.959. The fourth-order valence-corrected chi connectivity index (χ4v) is 3.10. The van der Waals surface area contributed by atoms with E-state index in [1.807, 2.05) is 0 Å². The molecule has 0 aromatic rings. The average molecular weight is 252 g/mol.